The van der Waals surface area contributed by atoms with Gasteiger partial charge in [-0.25, -0.2) is 4.98 Å². The fraction of sp³-hybridized carbons (Fsp3) is 0.750. The molecule has 0 aromatic carbocycles. The second-order valence-corrected chi connectivity index (χ2v) is 4.07. The van der Waals surface area contributed by atoms with Crippen LogP contribution in [0.2, 0.25) is 0 Å². The first kappa shape index (κ1) is 12.2. The highest BCUT2D eigenvalue weighted by Crippen LogP contribution is 2.17. The molecule has 86 valence electrons. The Morgan fingerprint density at radius 3 is 2.87 bits per heavy atom. The number of hydrogen-bond donors (Lipinski definition) is 1. The Hall–Kier alpha value is -0.830. The van der Waals surface area contributed by atoms with Crippen LogP contribution in [0, 0.1) is 0 Å². The van der Waals surface area contributed by atoms with Gasteiger partial charge in [-0.15, -0.1) is 0 Å². The van der Waals surface area contributed by atoms with Crippen LogP contribution in [0.15, 0.2) is 12.5 Å². The molecule has 3 nitrogen and oxygen atoms in total. The summed E-state index contributed by atoms with van der Waals surface area (Å²) in [4.78, 5) is 4.23. The van der Waals surface area contributed by atoms with Crippen molar-refractivity contribution >= 4 is 0 Å². The van der Waals surface area contributed by atoms with Crippen molar-refractivity contribution in [3.05, 3.63) is 18.2 Å². The van der Waals surface area contributed by atoms with Crippen LogP contribution in [0.5, 0.6) is 0 Å². The topological polar surface area (TPSA) is 29.9 Å². The number of imidazole rings is 1. The van der Waals surface area contributed by atoms with Crippen molar-refractivity contribution in [1.82, 2.24) is 14.9 Å². The van der Waals surface area contributed by atoms with E-state index in [9.17, 15) is 0 Å². The maximum atomic E-state index is 4.23. The Morgan fingerprint density at radius 1 is 1.40 bits per heavy atom. The fourth-order valence-electron chi connectivity index (χ4n) is 1.64. The van der Waals surface area contributed by atoms with Gasteiger partial charge in [-0.1, -0.05) is 20.8 Å². The van der Waals surface area contributed by atoms with E-state index in [1.165, 1.54) is 18.5 Å². The van der Waals surface area contributed by atoms with Crippen LogP contribution < -0.4 is 5.32 Å². The summed E-state index contributed by atoms with van der Waals surface area (Å²) in [5.41, 5.74) is 1.36. The van der Waals surface area contributed by atoms with Gasteiger partial charge in [0.1, 0.15) is 0 Å². The zero-order valence-electron chi connectivity index (χ0n) is 10.2. The SMILES string of the molecule is CCCNCCn1cncc1C(C)CC. The summed E-state index contributed by atoms with van der Waals surface area (Å²) < 4.78 is 2.26. The van der Waals surface area contributed by atoms with Crippen molar-refractivity contribution in [2.24, 2.45) is 0 Å². The Balaban J connectivity index is 2.43. The molecule has 1 unspecified atom stereocenters. The molecule has 0 aliphatic rings. The standard InChI is InChI=1S/C12H23N3/c1-4-6-13-7-8-15-10-14-9-12(15)11(3)5-2/h9-11,13H,4-8H2,1-3H3. The van der Waals surface area contributed by atoms with Crippen LogP contribution >= 0.6 is 0 Å². The number of nitrogens with zero attached hydrogens (tertiary/aromatic N) is 2. The predicted molar refractivity (Wildman–Crippen MR) is 64.1 cm³/mol. The molecule has 15 heavy (non-hydrogen) atoms. The first-order chi connectivity index (χ1) is 7.29. The minimum absolute atomic E-state index is 0.610. The normalized spacial score (nSPS) is 13.0. The third-order valence-electron chi connectivity index (χ3n) is 2.82. The summed E-state index contributed by atoms with van der Waals surface area (Å²) in [7, 11) is 0. The molecular weight excluding hydrogens is 186 g/mol. The zero-order valence-corrected chi connectivity index (χ0v) is 10.2. The van der Waals surface area contributed by atoms with E-state index in [2.05, 4.69) is 35.6 Å². The lowest BCUT2D eigenvalue weighted by atomic mass is 10.1. The van der Waals surface area contributed by atoms with E-state index in [-0.39, 0.29) is 0 Å². The van der Waals surface area contributed by atoms with Crippen LogP contribution in [0.25, 0.3) is 0 Å². The lowest BCUT2D eigenvalue weighted by Gasteiger charge is -2.13. The molecule has 0 saturated heterocycles. The van der Waals surface area contributed by atoms with E-state index in [0.29, 0.717) is 5.92 Å². The smallest absolute Gasteiger partial charge is 0.0948 e. The third-order valence-corrected chi connectivity index (χ3v) is 2.82. The van der Waals surface area contributed by atoms with Gasteiger partial charge in [-0.3, -0.25) is 0 Å². The molecule has 1 aromatic rings. The Kier molecular flexibility index (Phi) is 5.40. The van der Waals surface area contributed by atoms with Crippen LogP contribution in [0.1, 0.15) is 45.2 Å². The fourth-order valence-corrected chi connectivity index (χ4v) is 1.64. The van der Waals surface area contributed by atoms with Crippen molar-refractivity contribution < 1.29 is 0 Å². The predicted octanol–water partition coefficient (Wildman–Crippen LogP) is 2.40. The summed E-state index contributed by atoms with van der Waals surface area (Å²) in [6.45, 7) is 9.83. The molecule has 3 heteroatoms. The molecular formula is C12H23N3. The summed E-state index contributed by atoms with van der Waals surface area (Å²) in [5.74, 6) is 0.610. The molecule has 1 N–H and O–H groups in total. The van der Waals surface area contributed by atoms with Gasteiger partial charge in [0.2, 0.25) is 0 Å². The van der Waals surface area contributed by atoms with E-state index in [1.54, 1.807) is 0 Å². The monoisotopic (exact) mass is 209 g/mol. The quantitative estimate of drug-likeness (QED) is 0.699. The van der Waals surface area contributed by atoms with Gasteiger partial charge in [0.25, 0.3) is 0 Å². The molecule has 0 fully saturated rings. The van der Waals surface area contributed by atoms with Gasteiger partial charge in [-0.05, 0) is 25.3 Å². The zero-order chi connectivity index (χ0) is 11.1. The second kappa shape index (κ2) is 6.62. The van der Waals surface area contributed by atoms with Gasteiger partial charge in [-0.2, -0.15) is 0 Å². The number of hydrogen-bond acceptors (Lipinski definition) is 2. The van der Waals surface area contributed by atoms with Crippen LogP contribution in [0.4, 0.5) is 0 Å². The van der Waals surface area contributed by atoms with E-state index < -0.39 is 0 Å². The second-order valence-electron chi connectivity index (χ2n) is 4.07. The highest BCUT2D eigenvalue weighted by Gasteiger charge is 2.08. The Bertz CT molecular complexity index is 268. The molecule has 1 atom stereocenters. The van der Waals surface area contributed by atoms with Gasteiger partial charge in [0, 0.05) is 25.0 Å². The molecule has 1 heterocycles. The van der Waals surface area contributed by atoms with Gasteiger partial charge < -0.3 is 9.88 Å². The van der Waals surface area contributed by atoms with Crippen LogP contribution in [-0.4, -0.2) is 22.6 Å². The molecule has 0 aliphatic heterocycles. The third kappa shape index (κ3) is 3.67. The molecule has 0 radical (unpaired) electrons. The summed E-state index contributed by atoms with van der Waals surface area (Å²) >= 11 is 0. The maximum Gasteiger partial charge on any atom is 0.0948 e. The maximum absolute atomic E-state index is 4.23. The number of rotatable bonds is 7. The largest absolute Gasteiger partial charge is 0.333 e. The molecule has 1 aromatic heterocycles. The lowest BCUT2D eigenvalue weighted by molar-refractivity contribution is 0.558. The molecule has 0 amide bonds. The Morgan fingerprint density at radius 2 is 2.20 bits per heavy atom. The lowest BCUT2D eigenvalue weighted by Crippen LogP contribution is -2.21. The average molecular weight is 209 g/mol. The van der Waals surface area contributed by atoms with E-state index in [0.717, 1.165) is 19.6 Å². The van der Waals surface area contributed by atoms with Gasteiger partial charge in [0.05, 0.1) is 6.33 Å². The first-order valence-electron chi connectivity index (χ1n) is 6.00. The van der Waals surface area contributed by atoms with Crippen molar-refractivity contribution in [2.75, 3.05) is 13.1 Å². The summed E-state index contributed by atoms with van der Waals surface area (Å²) in [6, 6.07) is 0. The minimum Gasteiger partial charge on any atom is -0.333 e. The molecule has 0 saturated carbocycles. The first-order valence-corrected chi connectivity index (χ1v) is 6.00. The number of aromatic nitrogens is 2. The van der Waals surface area contributed by atoms with Gasteiger partial charge in [0.15, 0.2) is 0 Å². The van der Waals surface area contributed by atoms with E-state index >= 15 is 0 Å². The average Bonchev–Trinajstić information content (AvgIpc) is 2.71. The van der Waals surface area contributed by atoms with Crippen LogP contribution in [-0.2, 0) is 6.54 Å². The van der Waals surface area contributed by atoms with Crippen LogP contribution in [0.3, 0.4) is 0 Å². The van der Waals surface area contributed by atoms with E-state index in [1.807, 2.05) is 12.5 Å². The highest BCUT2D eigenvalue weighted by molar-refractivity contribution is 5.04. The van der Waals surface area contributed by atoms with Crippen molar-refractivity contribution in [3.63, 3.8) is 0 Å². The van der Waals surface area contributed by atoms with Gasteiger partial charge >= 0.3 is 0 Å². The van der Waals surface area contributed by atoms with Crippen molar-refractivity contribution in [1.29, 1.82) is 0 Å². The number of nitrogens with one attached hydrogen (secondary N) is 1. The minimum atomic E-state index is 0.610. The summed E-state index contributed by atoms with van der Waals surface area (Å²) in [6.07, 6.45) is 6.30. The van der Waals surface area contributed by atoms with Crippen molar-refractivity contribution in [3.8, 4) is 0 Å². The molecule has 0 aliphatic carbocycles. The highest BCUT2D eigenvalue weighted by atomic mass is 15.1. The molecule has 1 rings (SSSR count). The molecule has 0 bridgehead atoms. The Labute approximate surface area is 92.9 Å². The molecule has 0 spiro atoms. The van der Waals surface area contributed by atoms with Crippen molar-refractivity contribution in [2.45, 2.75) is 46.1 Å². The summed E-state index contributed by atoms with van der Waals surface area (Å²) in [5, 5.41) is 3.41. The van der Waals surface area contributed by atoms with E-state index in [4.69, 9.17) is 0 Å².